The number of ether oxygens (including phenoxy) is 1. The lowest BCUT2D eigenvalue weighted by Crippen LogP contribution is -2.39. The van der Waals surface area contributed by atoms with Crippen molar-refractivity contribution in [3.05, 3.63) is 65.6 Å². The van der Waals surface area contributed by atoms with Crippen LogP contribution in [-0.2, 0) is 18.2 Å². The Bertz CT molecular complexity index is 1290. The average molecular weight is 436 g/mol. The molecule has 0 saturated carbocycles. The number of nitrogens with zero attached hydrogens (tertiary/aromatic N) is 6. The van der Waals surface area contributed by atoms with Gasteiger partial charge in [0.15, 0.2) is 5.65 Å². The van der Waals surface area contributed by atoms with E-state index in [2.05, 4.69) is 10.1 Å². The number of hydrogen-bond acceptors (Lipinski definition) is 6. The largest absolute Gasteiger partial charge is 0.370 e. The summed E-state index contributed by atoms with van der Waals surface area (Å²) >= 11 is 0. The molecule has 1 aromatic carbocycles. The van der Waals surface area contributed by atoms with Gasteiger partial charge >= 0.3 is 0 Å². The van der Waals surface area contributed by atoms with Crippen LogP contribution in [0.4, 0.5) is 14.7 Å². The van der Waals surface area contributed by atoms with Crippen LogP contribution in [0.5, 0.6) is 0 Å². The van der Waals surface area contributed by atoms with E-state index in [9.17, 15) is 8.78 Å². The normalized spacial score (nSPS) is 16.6. The number of halogens is 2. The highest BCUT2D eigenvalue weighted by Crippen LogP contribution is 2.31. The van der Waals surface area contributed by atoms with Gasteiger partial charge in [0.05, 0.1) is 25.0 Å². The Morgan fingerprint density at radius 3 is 2.75 bits per heavy atom. The summed E-state index contributed by atoms with van der Waals surface area (Å²) in [5.74, 6) is -0.872. The molecule has 0 amide bonds. The Balaban J connectivity index is 1.61. The van der Waals surface area contributed by atoms with Crippen molar-refractivity contribution in [1.82, 2.24) is 24.7 Å². The zero-order valence-electron chi connectivity index (χ0n) is 17.8. The van der Waals surface area contributed by atoms with E-state index in [1.807, 2.05) is 37.2 Å². The quantitative estimate of drug-likeness (QED) is 0.484. The number of hydrogen-bond donors (Lipinski definition) is 0. The lowest BCUT2D eigenvalue weighted by Gasteiger charge is -2.32. The summed E-state index contributed by atoms with van der Waals surface area (Å²) in [6.07, 6.45) is 4.27. The second kappa shape index (κ2) is 8.23. The number of aryl methyl sites for hydroxylation is 2. The highest BCUT2D eigenvalue weighted by Gasteiger charge is 2.26. The first-order chi connectivity index (χ1) is 15.5. The van der Waals surface area contributed by atoms with Crippen LogP contribution >= 0.6 is 0 Å². The van der Waals surface area contributed by atoms with Crippen LogP contribution in [0.25, 0.3) is 22.3 Å². The molecule has 0 radical (unpaired) electrons. The Labute approximate surface area is 183 Å². The third kappa shape index (κ3) is 3.80. The standard InChI is InChI=1S/C23H22F2N6O/c1-3-16-5-7-18-21(17-6-4-15(24)10-19(17)25)28-23(29-22(18)27-16)31-8-9-32-20(13-31)14-11-26-30(2)12-14/h4-7,10-12,20H,3,8-9,13H2,1-2H3/t20-/m1/s1. The minimum Gasteiger partial charge on any atom is -0.370 e. The molecular weight excluding hydrogens is 414 g/mol. The van der Waals surface area contributed by atoms with Gasteiger partial charge < -0.3 is 9.64 Å². The molecule has 32 heavy (non-hydrogen) atoms. The van der Waals surface area contributed by atoms with Gasteiger partial charge in [-0.15, -0.1) is 0 Å². The predicted molar refractivity (Wildman–Crippen MR) is 116 cm³/mol. The zero-order valence-corrected chi connectivity index (χ0v) is 17.8. The Kier molecular flexibility index (Phi) is 5.26. The second-order valence-corrected chi connectivity index (χ2v) is 7.78. The number of benzene rings is 1. The van der Waals surface area contributed by atoms with Crippen LogP contribution in [0.15, 0.2) is 42.7 Å². The molecule has 0 aliphatic carbocycles. The highest BCUT2D eigenvalue weighted by atomic mass is 19.1. The average Bonchev–Trinajstić information content (AvgIpc) is 3.24. The molecule has 0 spiro atoms. The van der Waals surface area contributed by atoms with Crippen molar-refractivity contribution in [3.8, 4) is 11.3 Å². The smallest absolute Gasteiger partial charge is 0.228 e. The van der Waals surface area contributed by atoms with E-state index in [0.717, 1.165) is 23.7 Å². The van der Waals surface area contributed by atoms with Gasteiger partial charge in [-0.3, -0.25) is 4.68 Å². The summed E-state index contributed by atoms with van der Waals surface area (Å²) in [4.78, 5) is 16.1. The molecule has 1 aliphatic heterocycles. The minimum atomic E-state index is -0.675. The Morgan fingerprint density at radius 1 is 1.12 bits per heavy atom. The van der Waals surface area contributed by atoms with Crippen LogP contribution in [-0.4, -0.2) is 44.4 Å². The van der Waals surface area contributed by atoms with E-state index < -0.39 is 11.6 Å². The molecule has 3 aromatic heterocycles. The molecule has 1 saturated heterocycles. The van der Waals surface area contributed by atoms with Crippen molar-refractivity contribution in [1.29, 1.82) is 0 Å². The van der Waals surface area contributed by atoms with Gasteiger partial charge in [0.1, 0.15) is 17.7 Å². The molecule has 9 heteroatoms. The first-order valence-electron chi connectivity index (χ1n) is 10.5. The van der Waals surface area contributed by atoms with Crippen molar-refractivity contribution in [2.75, 3.05) is 24.6 Å². The molecule has 1 aliphatic rings. The highest BCUT2D eigenvalue weighted by molar-refractivity contribution is 5.91. The molecule has 7 nitrogen and oxygen atoms in total. The van der Waals surface area contributed by atoms with Gasteiger partial charge in [-0.25, -0.2) is 18.7 Å². The monoisotopic (exact) mass is 436 g/mol. The lowest BCUT2D eigenvalue weighted by atomic mass is 10.1. The number of fused-ring (bicyclic) bond motifs is 1. The fraction of sp³-hybridized carbons (Fsp3) is 0.304. The molecule has 1 atom stereocenters. The van der Waals surface area contributed by atoms with Crippen LogP contribution in [0.1, 0.15) is 24.3 Å². The van der Waals surface area contributed by atoms with E-state index in [-0.39, 0.29) is 11.7 Å². The third-order valence-electron chi connectivity index (χ3n) is 5.60. The van der Waals surface area contributed by atoms with E-state index in [1.165, 1.54) is 12.1 Å². The summed E-state index contributed by atoms with van der Waals surface area (Å²) in [7, 11) is 1.86. The maximum atomic E-state index is 14.7. The molecule has 164 valence electrons. The fourth-order valence-electron chi connectivity index (χ4n) is 3.90. The molecule has 4 aromatic rings. The maximum Gasteiger partial charge on any atom is 0.228 e. The predicted octanol–water partition coefficient (Wildman–Crippen LogP) is 3.84. The van der Waals surface area contributed by atoms with Crippen LogP contribution in [0.2, 0.25) is 0 Å². The zero-order chi connectivity index (χ0) is 22.2. The SMILES string of the molecule is CCc1ccc2c(-c3ccc(F)cc3F)nc(N3CCO[C@@H](c4cnn(C)c4)C3)nc2n1. The van der Waals surface area contributed by atoms with Gasteiger partial charge in [0.25, 0.3) is 0 Å². The summed E-state index contributed by atoms with van der Waals surface area (Å²) in [6.45, 7) is 3.61. The Morgan fingerprint density at radius 2 is 2.00 bits per heavy atom. The van der Waals surface area contributed by atoms with Gasteiger partial charge in [-0.2, -0.15) is 10.1 Å². The second-order valence-electron chi connectivity index (χ2n) is 7.78. The molecule has 0 N–H and O–H groups in total. The van der Waals surface area contributed by atoms with Crippen LogP contribution in [0.3, 0.4) is 0 Å². The molecule has 4 heterocycles. The fourth-order valence-corrected chi connectivity index (χ4v) is 3.90. The first kappa shape index (κ1) is 20.4. The molecule has 1 fully saturated rings. The number of anilines is 1. The van der Waals surface area contributed by atoms with E-state index >= 15 is 0 Å². The van der Waals surface area contributed by atoms with Crippen LogP contribution < -0.4 is 4.90 Å². The van der Waals surface area contributed by atoms with E-state index in [0.29, 0.717) is 42.4 Å². The van der Waals surface area contributed by atoms with E-state index in [4.69, 9.17) is 14.7 Å². The summed E-state index contributed by atoms with van der Waals surface area (Å²) in [5.41, 5.74) is 2.93. The van der Waals surface area contributed by atoms with Crippen molar-refractivity contribution in [3.63, 3.8) is 0 Å². The van der Waals surface area contributed by atoms with Gasteiger partial charge in [-0.05, 0) is 30.7 Å². The maximum absolute atomic E-state index is 14.7. The van der Waals surface area contributed by atoms with Crippen LogP contribution in [0, 0.1) is 11.6 Å². The van der Waals surface area contributed by atoms with Gasteiger partial charge in [0, 0.05) is 48.1 Å². The van der Waals surface area contributed by atoms with E-state index in [1.54, 1.807) is 10.9 Å². The number of pyridine rings is 1. The Hall–Kier alpha value is -3.46. The molecule has 0 unspecified atom stereocenters. The van der Waals surface area contributed by atoms with Gasteiger partial charge in [-0.1, -0.05) is 6.92 Å². The van der Waals surface area contributed by atoms with Crippen molar-refractivity contribution in [2.45, 2.75) is 19.4 Å². The van der Waals surface area contributed by atoms with Gasteiger partial charge in [0.2, 0.25) is 5.95 Å². The number of aromatic nitrogens is 5. The number of rotatable bonds is 4. The lowest BCUT2D eigenvalue weighted by molar-refractivity contribution is 0.0392. The third-order valence-corrected chi connectivity index (χ3v) is 5.60. The molecule has 5 rings (SSSR count). The van der Waals surface area contributed by atoms with Crippen molar-refractivity contribution >= 4 is 17.0 Å². The first-order valence-corrected chi connectivity index (χ1v) is 10.5. The summed E-state index contributed by atoms with van der Waals surface area (Å²) < 4.78 is 35.9. The van der Waals surface area contributed by atoms with Crippen molar-refractivity contribution < 1.29 is 13.5 Å². The summed E-state index contributed by atoms with van der Waals surface area (Å²) in [5, 5.41) is 4.84. The minimum absolute atomic E-state index is 0.183. The molecule has 0 bridgehead atoms. The molecular formula is C23H22F2N6O. The number of morpholine rings is 1. The van der Waals surface area contributed by atoms with Crippen molar-refractivity contribution in [2.24, 2.45) is 7.05 Å². The summed E-state index contributed by atoms with van der Waals surface area (Å²) in [6, 6.07) is 7.23. The topological polar surface area (TPSA) is 69.0 Å².